The first kappa shape index (κ1) is 11.4. The Hall–Kier alpha value is -2.42. The molecule has 1 heterocycles. The van der Waals surface area contributed by atoms with Crippen molar-refractivity contribution in [3.05, 3.63) is 71.3 Å². The fourth-order valence-electron chi connectivity index (χ4n) is 3.30. The van der Waals surface area contributed by atoms with Gasteiger partial charge in [-0.2, -0.15) is 5.10 Å². The Balaban J connectivity index is 1.85. The zero-order chi connectivity index (χ0) is 13.7. The van der Waals surface area contributed by atoms with Gasteiger partial charge < -0.3 is 0 Å². The van der Waals surface area contributed by atoms with E-state index in [1.165, 1.54) is 0 Å². The molecule has 2 unspecified atom stereocenters. The summed E-state index contributed by atoms with van der Waals surface area (Å²) in [6.45, 7) is 0. The first-order valence-electron chi connectivity index (χ1n) is 6.77. The van der Waals surface area contributed by atoms with Crippen LogP contribution in [0, 0.1) is 5.92 Å². The van der Waals surface area contributed by atoms with E-state index in [-0.39, 0.29) is 17.7 Å². The van der Waals surface area contributed by atoms with Crippen LogP contribution in [-0.2, 0) is 0 Å². The molecule has 2 aliphatic rings. The highest BCUT2D eigenvalue weighted by atomic mass is 16.1. The molecule has 20 heavy (non-hydrogen) atoms. The number of Topliss-reactive ketones (excluding diaryl/α,β-unsaturated/α-hetero) is 1. The van der Waals surface area contributed by atoms with Crippen LogP contribution in [0.15, 0.2) is 59.7 Å². The molecule has 3 heteroatoms. The van der Waals surface area contributed by atoms with Gasteiger partial charge in [0.05, 0.1) is 17.7 Å². The van der Waals surface area contributed by atoms with Gasteiger partial charge in [-0.1, -0.05) is 54.6 Å². The standard InChI is InChI=1S/C17H14N2O/c1-19-16-12-9-5-6-10-13(12)17(20)14(16)15(18-19)11-7-3-2-4-8-11/h2-10,14,16H,1H3. The Morgan fingerprint density at radius 1 is 1.00 bits per heavy atom. The van der Waals surface area contributed by atoms with Crippen molar-refractivity contribution in [3.63, 3.8) is 0 Å². The number of nitrogens with zero attached hydrogens (tertiary/aromatic N) is 2. The van der Waals surface area contributed by atoms with E-state index in [2.05, 4.69) is 5.10 Å². The Labute approximate surface area is 117 Å². The molecule has 0 fully saturated rings. The number of carbonyl (C=O) groups excluding carboxylic acids is 1. The molecule has 0 radical (unpaired) electrons. The first-order valence-corrected chi connectivity index (χ1v) is 6.77. The number of rotatable bonds is 1. The maximum atomic E-state index is 12.7. The van der Waals surface area contributed by atoms with E-state index in [0.29, 0.717) is 0 Å². The summed E-state index contributed by atoms with van der Waals surface area (Å²) in [6, 6.07) is 17.9. The van der Waals surface area contributed by atoms with Gasteiger partial charge in [-0.3, -0.25) is 9.80 Å². The Kier molecular flexibility index (Phi) is 2.30. The number of carbonyl (C=O) groups is 1. The summed E-state index contributed by atoms with van der Waals surface area (Å²) in [5.41, 5.74) is 3.87. The summed E-state index contributed by atoms with van der Waals surface area (Å²) in [5.74, 6) is 0.0253. The highest BCUT2D eigenvalue weighted by Crippen LogP contribution is 2.45. The Bertz CT molecular complexity index is 721. The number of benzene rings is 2. The third-order valence-corrected chi connectivity index (χ3v) is 4.18. The van der Waals surface area contributed by atoms with Crippen molar-refractivity contribution < 1.29 is 4.79 Å². The summed E-state index contributed by atoms with van der Waals surface area (Å²) in [4.78, 5) is 12.7. The molecule has 0 saturated carbocycles. The van der Waals surface area contributed by atoms with Crippen molar-refractivity contribution >= 4 is 11.5 Å². The van der Waals surface area contributed by atoms with Gasteiger partial charge in [-0.25, -0.2) is 0 Å². The van der Waals surface area contributed by atoms with E-state index in [4.69, 9.17) is 0 Å². The molecule has 0 amide bonds. The second kappa shape index (κ2) is 4.04. The number of hydrogen-bond donors (Lipinski definition) is 0. The summed E-state index contributed by atoms with van der Waals surface area (Å²) in [5, 5.41) is 6.55. The summed E-state index contributed by atoms with van der Waals surface area (Å²) in [6.07, 6.45) is 0. The van der Waals surface area contributed by atoms with E-state index in [9.17, 15) is 4.79 Å². The highest BCUT2D eigenvalue weighted by molar-refractivity contribution is 6.22. The van der Waals surface area contributed by atoms with Gasteiger partial charge in [0.2, 0.25) is 0 Å². The minimum Gasteiger partial charge on any atom is -0.293 e. The van der Waals surface area contributed by atoms with Crippen LogP contribution in [0.4, 0.5) is 0 Å². The van der Waals surface area contributed by atoms with Gasteiger partial charge in [0, 0.05) is 12.6 Å². The molecule has 1 aliphatic carbocycles. The van der Waals surface area contributed by atoms with Crippen LogP contribution in [0.2, 0.25) is 0 Å². The van der Waals surface area contributed by atoms with Crippen molar-refractivity contribution in [1.82, 2.24) is 5.01 Å². The van der Waals surface area contributed by atoms with Crippen molar-refractivity contribution in [3.8, 4) is 0 Å². The van der Waals surface area contributed by atoms with Crippen molar-refractivity contribution in [1.29, 1.82) is 0 Å². The SMILES string of the molecule is CN1N=C(c2ccccc2)C2C(=O)c3ccccc3C21. The molecule has 0 aromatic heterocycles. The molecule has 1 aliphatic heterocycles. The molecule has 0 saturated heterocycles. The predicted molar refractivity (Wildman–Crippen MR) is 77.7 cm³/mol. The Morgan fingerprint density at radius 3 is 2.50 bits per heavy atom. The molecule has 3 nitrogen and oxygen atoms in total. The number of ketones is 1. The summed E-state index contributed by atoms with van der Waals surface area (Å²) >= 11 is 0. The van der Waals surface area contributed by atoms with E-state index in [1.54, 1.807) is 0 Å². The van der Waals surface area contributed by atoms with Crippen LogP contribution < -0.4 is 0 Å². The lowest BCUT2D eigenvalue weighted by atomic mass is 9.91. The third kappa shape index (κ3) is 1.40. The third-order valence-electron chi connectivity index (χ3n) is 4.18. The molecule has 2 atom stereocenters. The van der Waals surface area contributed by atoms with Gasteiger partial charge in [0.25, 0.3) is 0 Å². The molecule has 98 valence electrons. The molecule has 0 spiro atoms. The molecule has 2 aromatic rings. The van der Waals surface area contributed by atoms with E-state index in [1.807, 2.05) is 66.7 Å². The van der Waals surface area contributed by atoms with Crippen LogP contribution in [0.25, 0.3) is 0 Å². The maximum absolute atomic E-state index is 12.7. The maximum Gasteiger partial charge on any atom is 0.174 e. The van der Waals surface area contributed by atoms with Crippen molar-refractivity contribution in [2.75, 3.05) is 7.05 Å². The Morgan fingerprint density at radius 2 is 1.70 bits per heavy atom. The monoisotopic (exact) mass is 262 g/mol. The molecule has 0 N–H and O–H groups in total. The van der Waals surface area contributed by atoms with Crippen LogP contribution in [0.5, 0.6) is 0 Å². The fourth-order valence-corrected chi connectivity index (χ4v) is 3.30. The zero-order valence-electron chi connectivity index (χ0n) is 11.2. The number of hydrogen-bond acceptors (Lipinski definition) is 3. The van der Waals surface area contributed by atoms with Crippen LogP contribution in [0.3, 0.4) is 0 Å². The largest absolute Gasteiger partial charge is 0.293 e. The first-order chi connectivity index (χ1) is 9.77. The summed E-state index contributed by atoms with van der Waals surface area (Å²) < 4.78 is 0. The number of hydrazone groups is 1. The lowest BCUT2D eigenvalue weighted by Crippen LogP contribution is -2.23. The topological polar surface area (TPSA) is 32.7 Å². The van der Waals surface area contributed by atoms with Crippen molar-refractivity contribution in [2.24, 2.45) is 11.0 Å². The summed E-state index contributed by atoms with van der Waals surface area (Å²) in [7, 11) is 1.95. The zero-order valence-corrected chi connectivity index (χ0v) is 11.2. The quantitative estimate of drug-likeness (QED) is 0.791. The highest BCUT2D eigenvalue weighted by Gasteiger charge is 2.48. The smallest absolute Gasteiger partial charge is 0.174 e. The molecule has 2 aromatic carbocycles. The van der Waals surface area contributed by atoms with Crippen LogP contribution in [-0.4, -0.2) is 23.6 Å². The molecular weight excluding hydrogens is 248 g/mol. The minimum atomic E-state index is -0.167. The average molecular weight is 262 g/mol. The van der Waals surface area contributed by atoms with Crippen LogP contribution in [0.1, 0.15) is 27.5 Å². The van der Waals surface area contributed by atoms with Gasteiger partial charge >= 0.3 is 0 Å². The van der Waals surface area contributed by atoms with Gasteiger partial charge in [-0.15, -0.1) is 0 Å². The van der Waals surface area contributed by atoms with Crippen molar-refractivity contribution in [2.45, 2.75) is 6.04 Å². The van der Waals surface area contributed by atoms with Crippen LogP contribution >= 0.6 is 0 Å². The average Bonchev–Trinajstić information content (AvgIpc) is 2.98. The minimum absolute atomic E-state index is 0.0499. The second-order valence-electron chi connectivity index (χ2n) is 5.30. The van der Waals surface area contributed by atoms with Gasteiger partial charge in [0.1, 0.15) is 0 Å². The molecule has 4 rings (SSSR count). The second-order valence-corrected chi connectivity index (χ2v) is 5.30. The van der Waals surface area contributed by atoms with Gasteiger partial charge in [-0.05, 0) is 11.1 Å². The predicted octanol–water partition coefficient (Wildman–Crippen LogP) is 2.89. The van der Waals surface area contributed by atoms with E-state index in [0.717, 1.165) is 22.4 Å². The molecule has 0 bridgehead atoms. The van der Waals surface area contributed by atoms with E-state index < -0.39 is 0 Å². The van der Waals surface area contributed by atoms with E-state index >= 15 is 0 Å². The lowest BCUT2D eigenvalue weighted by Gasteiger charge is -2.18. The fraction of sp³-hybridized carbons (Fsp3) is 0.176. The number of fused-ring (bicyclic) bond motifs is 3. The lowest BCUT2D eigenvalue weighted by molar-refractivity contribution is 0.0940. The normalized spacial score (nSPS) is 23.6. The van der Waals surface area contributed by atoms with Gasteiger partial charge in [0.15, 0.2) is 5.78 Å². The molecular formula is C17H14N2O.